The summed E-state index contributed by atoms with van der Waals surface area (Å²) in [4.78, 5) is 0. The summed E-state index contributed by atoms with van der Waals surface area (Å²) in [5.74, 6) is -2.70. The number of epoxide rings is 1. The first-order valence-corrected chi connectivity index (χ1v) is 25.4. The maximum Gasteiger partial charge on any atom is 0.207 e. The molecule has 7 aliphatic heterocycles. The molecule has 7 aliphatic rings. The molecule has 0 saturated carbocycles. The van der Waals surface area contributed by atoms with Crippen LogP contribution in [0.15, 0.2) is 12.7 Å². The lowest BCUT2D eigenvalue weighted by Crippen LogP contribution is -2.68. The molecule has 79 heavy (non-hydrogen) atoms. The van der Waals surface area contributed by atoms with E-state index in [0.717, 1.165) is 0 Å². The summed E-state index contributed by atoms with van der Waals surface area (Å²) in [5.41, 5.74) is 0. The van der Waals surface area contributed by atoms with Crippen LogP contribution in [0.2, 0.25) is 0 Å². The van der Waals surface area contributed by atoms with Gasteiger partial charge >= 0.3 is 0 Å². The molecule has 20 N–H and O–H groups in total. The van der Waals surface area contributed by atoms with Crippen LogP contribution in [0.25, 0.3) is 0 Å². The topological polar surface area (TPSA) is 537 Å². The van der Waals surface area contributed by atoms with Gasteiger partial charge in [0.25, 0.3) is 0 Å². The molecule has 0 amide bonds. The van der Waals surface area contributed by atoms with Crippen LogP contribution in [0.4, 0.5) is 0 Å². The average molecular weight is 1160 g/mol. The molecule has 7 heterocycles. The first-order valence-electron chi connectivity index (χ1n) is 25.4. The molecule has 0 aromatic carbocycles. The standard InChI is InChI=1S/C45H76O34/c1-4-14-16(6-47)68-44(37-45(14,65)79-37)78-36-21(11-52)73-43(31(62)26(36)57)77-35-20(10-51)72-42(30(61)25(35)56)76-34-19(9-50)71-41(29(60)24(34)55)75-33-18(8-49)70-40(28(59)23(33)54)74-32-17(7-48)69-39(27(58)22(32)53)67-12(2)15(5-46)66-13(3)38(63)64/h4,12-44,46-65H,1,5-11H2,2-3H3. The lowest BCUT2D eigenvalue weighted by atomic mass is 9.90. The zero-order chi connectivity index (χ0) is 58.1. The molecule has 33 unspecified atom stereocenters. The fraction of sp³-hybridized carbons (Fsp3) is 0.956. The van der Waals surface area contributed by atoms with Gasteiger partial charge in [-0.15, -0.1) is 6.58 Å². The Bertz CT molecular complexity index is 1870. The predicted octanol–water partition coefficient (Wildman–Crippen LogP) is -12.8. The first-order chi connectivity index (χ1) is 37.5. The van der Waals surface area contributed by atoms with Gasteiger partial charge in [-0.25, -0.2) is 0 Å². The number of hydrogen-bond donors (Lipinski definition) is 20. The Morgan fingerprint density at radius 2 is 0.722 bits per heavy atom. The maximum atomic E-state index is 11.3. The molecular weight excluding hydrogens is 1080 g/mol. The second-order valence-electron chi connectivity index (χ2n) is 20.1. The summed E-state index contributed by atoms with van der Waals surface area (Å²) in [6, 6.07) is 0. The zero-order valence-electron chi connectivity index (χ0n) is 42.4. The van der Waals surface area contributed by atoms with Gasteiger partial charge in [-0.05, 0) is 13.8 Å². The first kappa shape index (κ1) is 64.9. The predicted molar refractivity (Wildman–Crippen MR) is 243 cm³/mol. The molecular formula is C45H76O34. The Labute approximate surface area is 449 Å². The minimum atomic E-state index is -2.19. The highest BCUT2D eigenvalue weighted by molar-refractivity contribution is 5.12. The van der Waals surface area contributed by atoms with E-state index in [1.165, 1.54) is 19.9 Å². The largest absolute Gasteiger partial charge is 0.394 e. The normalized spacial score (nSPS) is 49.7. The molecule has 0 aromatic heterocycles. The van der Waals surface area contributed by atoms with E-state index in [4.69, 9.17) is 66.3 Å². The van der Waals surface area contributed by atoms with Crippen molar-refractivity contribution < 1.29 is 168 Å². The third kappa shape index (κ3) is 13.4. The number of aliphatic hydroxyl groups is 20. The smallest absolute Gasteiger partial charge is 0.207 e. The van der Waals surface area contributed by atoms with Gasteiger partial charge in [0.2, 0.25) is 5.79 Å². The van der Waals surface area contributed by atoms with E-state index in [-0.39, 0.29) is 0 Å². The van der Waals surface area contributed by atoms with E-state index >= 15 is 0 Å². The van der Waals surface area contributed by atoms with Crippen LogP contribution in [0.1, 0.15) is 13.8 Å². The minimum Gasteiger partial charge on any atom is -0.394 e. The van der Waals surface area contributed by atoms with Gasteiger partial charge in [0, 0.05) is 0 Å². The lowest BCUT2D eigenvalue weighted by molar-refractivity contribution is -0.395. The molecule has 7 fully saturated rings. The molecule has 0 bridgehead atoms. The second kappa shape index (κ2) is 27.6. The Morgan fingerprint density at radius 3 is 1.01 bits per heavy atom. The van der Waals surface area contributed by atoms with Gasteiger partial charge in [-0.1, -0.05) is 6.08 Å². The van der Waals surface area contributed by atoms with Crippen molar-refractivity contribution in [2.75, 3.05) is 46.2 Å². The maximum absolute atomic E-state index is 11.3. The quantitative estimate of drug-likeness (QED) is 0.0242. The van der Waals surface area contributed by atoms with Crippen molar-refractivity contribution in [1.82, 2.24) is 0 Å². The van der Waals surface area contributed by atoms with Crippen molar-refractivity contribution in [1.29, 1.82) is 0 Å². The fourth-order valence-corrected chi connectivity index (χ4v) is 10.3. The van der Waals surface area contributed by atoms with Crippen LogP contribution < -0.4 is 0 Å². The molecule has 0 spiro atoms. The number of rotatable bonds is 24. The Morgan fingerprint density at radius 1 is 0.430 bits per heavy atom. The molecule has 7 rings (SSSR count). The van der Waals surface area contributed by atoms with Crippen LogP contribution in [-0.4, -0.2) is 351 Å². The summed E-state index contributed by atoms with van der Waals surface area (Å²) >= 11 is 0. The highest BCUT2D eigenvalue weighted by atomic mass is 16.8. The van der Waals surface area contributed by atoms with Crippen molar-refractivity contribution >= 4 is 0 Å². The number of ether oxygens (including phenoxy) is 14. The summed E-state index contributed by atoms with van der Waals surface area (Å²) in [7, 11) is 0. The van der Waals surface area contributed by atoms with E-state index in [2.05, 4.69) is 6.58 Å². The van der Waals surface area contributed by atoms with Gasteiger partial charge < -0.3 is 168 Å². The fourth-order valence-electron chi connectivity index (χ4n) is 10.3. The Balaban J connectivity index is 0.938. The lowest BCUT2D eigenvalue weighted by Gasteiger charge is -2.49. The SMILES string of the molecule is C=CC1C(CO)OC(OC2C(CO)OC(OC3C(CO)OC(OC4C(CO)OC(OC5C(CO)OC(OC6C(CO)OC(OC(C)C(CO)OC(C)C(O)O)C(O)C6O)C(O)C5O)C(O)C4O)C(O)C3O)C(O)C2O)C2OC12O. The zero-order valence-corrected chi connectivity index (χ0v) is 42.4. The van der Waals surface area contributed by atoms with Gasteiger partial charge in [-0.2, -0.15) is 0 Å². The van der Waals surface area contributed by atoms with E-state index in [0.29, 0.717) is 0 Å². The number of hydrogen-bond acceptors (Lipinski definition) is 34. The van der Waals surface area contributed by atoms with E-state index in [9.17, 15) is 102 Å². The highest BCUT2D eigenvalue weighted by Gasteiger charge is 2.70. The van der Waals surface area contributed by atoms with Crippen molar-refractivity contribution in [3.8, 4) is 0 Å². The summed E-state index contributed by atoms with van der Waals surface area (Å²) in [6.45, 7) is 0.113. The van der Waals surface area contributed by atoms with Crippen molar-refractivity contribution in [2.24, 2.45) is 5.92 Å². The van der Waals surface area contributed by atoms with Crippen LogP contribution in [-0.2, 0) is 66.3 Å². The van der Waals surface area contributed by atoms with Crippen molar-refractivity contribution in [3.63, 3.8) is 0 Å². The van der Waals surface area contributed by atoms with Crippen molar-refractivity contribution in [3.05, 3.63) is 12.7 Å². The van der Waals surface area contributed by atoms with Crippen LogP contribution in [0.5, 0.6) is 0 Å². The average Bonchev–Trinajstić information content (AvgIpc) is 4.18. The molecule has 34 nitrogen and oxygen atoms in total. The summed E-state index contributed by atoms with van der Waals surface area (Å²) in [5, 5.41) is 213. The molecule has 0 aromatic rings. The number of fused-ring (bicyclic) bond motifs is 1. The van der Waals surface area contributed by atoms with Gasteiger partial charge in [0.05, 0.1) is 64.4 Å². The highest BCUT2D eigenvalue weighted by Crippen LogP contribution is 2.51. The van der Waals surface area contributed by atoms with Gasteiger partial charge in [0.15, 0.2) is 50.1 Å². The van der Waals surface area contributed by atoms with E-state index < -0.39 is 255 Å². The van der Waals surface area contributed by atoms with Crippen LogP contribution >= 0.6 is 0 Å². The molecule has 33 atom stereocenters. The summed E-state index contributed by atoms with van der Waals surface area (Å²) in [6.07, 6.45) is -55.3. The number of aliphatic hydroxyl groups excluding tert-OH is 18. The molecule has 7 saturated heterocycles. The summed E-state index contributed by atoms with van der Waals surface area (Å²) < 4.78 is 79.0. The van der Waals surface area contributed by atoms with Crippen LogP contribution in [0, 0.1) is 5.92 Å². The van der Waals surface area contributed by atoms with E-state index in [1.54, 1.807) is 0 Å². The molecule has 0 aliphatic carbocycles. The van der Waals surface area contributed by atoms with Crippen molar-refractivity contribution in [2.45, 2.75) is 216 Å². The van der Waals surface area contributed by atoms with E-state index in [1.807, 2.05) is 0 Å². The third-order valence-corrected chi connectivity index (χ3v) is 15.0. The Hall–Kier alpha value is -1.62. The monoisotopic (exact) mass is 1160 g/mol. The van der Waals surface area contributed by atoms with Gasteiger partial charge in [0.1, 0.15) is 134 Å². The second-order valence-corrected chi connectivity index (χ2v) is 20.1. The Kier molecular flexibility index (Phi) is 22.7. The molecule has 34 heteroatoms. The minimum absolute atomic E-state index is 0.600. The third-order valence-electron chi connectivity index (χ3n) is 15.0. The van der Waals surface area contributed by atoms with Gasteiger partial charge in [-0.3, -0.25) is 0 Å². The molecule has 0 radical (unpaired) electrons. The molecule has 460 valence electrons. The van der Waals surface area contributed by atoms with Crippen LogP contribution in [0.3, 0.4) is 0 Å².